The molecule has 0 radical (unpaired) electrons. The Hall–Kier alpha value is -1.13. The van der Waals surface area contributed by atoms with E-state index in [-0.39, 0.29) is 6.61 Å². The number of hydrogen-bond donors (Lipinski definition) is 2. The molecule has 4 nitrogen and oxygen atoms in total. The molecule has 0 saturated carbocycles. The number of aliphatic hydroxyl groups is 1. The van der Waals surface area contributed by atoms with Crippen LogP contribution in [0.4, 0.5) is 5.82 Å². The molecule has 0 fully saturated rings. The van der Waals surface area contributed by atoms with Crippen LogP contribution in [-0.2, 0) is 0 Å². The number of aromatic nitrogens is 1. The van der Waals surface area contributed by atoms with Crippen LogP contribution >= 0.6 is 0 Å². The summed E-state index contributed by atoms with van der Waals surface area (Å²) in [4.78, 5) is 6.65. The van der Waals surface area contributed by atoms with Gasteiger partial charge in [-0.25, -0.2) is 4.98 Å². The van der Waals surface area contributed by atoms with Gasteiger partial charge >= 0.3 is 0 Å². The summed E-state index contributed by atoms with van der Waals surface area (Å²) in [5, 5.41) is 12.0. The topological polar surface area (TPSA) is 48.4 Å². The molecule has 1 atom stereocenters. The molecular formula is C13H23N3O. The Bertz CT molecular complexity index is 313. The molecule has 1 heterocycles. The van der Waals surface area contributed by atoms with Gasteiger partial charge in [0.25, 0.3) is 0 Å². The Labute approximate surface area is 104 Å². The fraction of sp³-hybridized carbons (Fsp3) is 0.615. The molecule has 1 aromatic heterocycles. The van der Waals surface area contributed by atoms with E-state index in [1.807, 2.05) is 19.3 Å². The Morgan fingerprint density at radius 1 is 1.47 bits per heavy atom. The summed E-state index contributed by atoms with van der Waals surface area (Å²) < 4.78 is 0. The van der Waals surface area contributed by atoms with Crippen LogP contribution in [0, 0.1) is 0 Å². The smallest absolute Gasteiger partial charge is 0.128 e. The Balaban J connectivity index is 2.70. The summed E-state index contributed by atoms with van der Waals surface area (Å²) in [5.41, 5.74) is 1.19. The van der Waals surface area contributed by atoms with Gasteiger partial charge in [-0.1, -0.05) is 6.07 Å². The van der Waals surface area contributed by atoms with E-state index in [4.69, 9.17) is 5.11 Å². The molecule has 1 aromatic rings. The van der Waals surface area contributed by atoms with Crippen LogP contribution in [0.1, 0.15) is 31.9 Å². The first-order valence-corrected chi connectivity index (χ1v) is 6.22. The number of nitrogens with zero attached hydrogens (tertiary/aromatic N) is 2. The molecule has 4 heteroatoms. The summed E-state index contributed by atoms with van der Waals surface area (Å²) in [7, 11) is 1.94. The van der Waals surface area contributed by atoms with Crippen molar-refractivity contribution in [3.63, 3.8) is 0 Å². The van der Waals surface area contributed by atoms with Crippen LogP contribution in [-0.4, -0.2) is 36.8 Å². The maximum Gasteiger partial charge on any atom is 0.128 e. The van der Waals surface area contributed by atoms with Crippen LogP contribution < -0.4 is 10.2 Å². The average molecular weight is 237 g/mol. The average Bonchev–Trinajstić information content (AvgIpc) is 2.39. The number of nitrogens with one attached hydrogen (secondary N) is 1. The Morgan fingerprint density at radius 2 is 2.24 bits per heavy atom. The number of pyridine rings is 1. The zero-order valence-electron chi connectivity index (χ0n) is 11.0. The van der Waals surface area contributed by atoms with Gasteiger partial charge in [-0.2, -0.15) is 0 Å². The number of hydrogen-bond acceptors (Lipinski definition) is 4. The quantitative estimate of drug-likeness (QED) is 0.756. The van der Waals surface area contributed by atoms with Gasteiger partial charge < -0.3 is 15.3 Å². The summed E-state index contributed by atoms with van der Waals surface area (Å²) in [6.07, 6.45) is 2.70. The highest BCUT2D eigenvalue weighted by Gasteiger charge is 2.07. The fourth-order valence-electron chi connectivity index (χ4n) is 1.70. The van der Waals surface area contributed by atoms with Crippen molar-refractivity contribution >= 4 is 5.82 Å². The summed E-state index contributed by atoms with van der Waals surface area (Å²) in [6.45, 7) is 6.20. The summed E-state index contributed by atoms with van der Waals surface area (Å²) in [6, 6.07) is 4.47. The first-order chi connectivity index (χ1) is 8.22. The van der Waals surface area contributed by atoms with Crippen LogP contribution in [0.3, 0.4) is 0 Å². The van der Waals surface area contributed by atoms with E-state index in [0.29, 0.717) is 6.04 Å². The monoisotopic (exact) mass is 237 g/mol. The lowest BCUT2D eigenvalue weighted by atomic mass is 10.1. The predicted molar refractivity (Wildman–Crippen MR) is 71.3 cm³/mol. The van der Waals surface area contributed by atoms with E-state index >= 15 is 0 Å². The molecule has 0 aromatic carbocycles. The Kier molecular flexibility index (Phi) is 5.94. The maximum absolute atomic E-state index is 8.85. The van der Waals surface area contributed by atoms with Crippen molar-refractivity contribution in [3.05, 3.63) is 23.9 Å². The number of anilines is 1. The molecule has 0 aliphatic rings. The molecule has 2 N–H and O–H groups in total. The van der Waals surface area contributed by atoms with Gasteiger partial charge in [0.2, 0.25) is 0 Å². The first kappa shape index (κ1) is 13.9. The molecule has 0 aliphatic carbocycles. The highest BCUT2D eigenvalue weighted by Crippen LogP contribution is 2.15. The molecule has 1 rings (SSSR count). The minimum atomic E-state index is 0.228. The van der Waals surface area contributed by atoms with E-state index in [1.165, 1.54) is 5.56 Å². The van der Waals surface area contributed by atoms with E-state index in [0.717, 1.165) is 25.3 Å². The second kappa shape index (κ2) is 7.25. The fourth-order valence-corrected chi connectivity index (χ4v) is 1.70. The van der Waals surface area contributed by atoms with Crippen molar-refractivity contribution in [1.82, 2.24) is 10.3 Å². The SMILES string of the molecule is CCN(CCCO)c1ccc(C(C)NC)cn1. The standard InChI is InChI=1S/C13H23N3O/c1-4-16(8-5-9-17)13-7-6-12(10-15-13)11(2)14-3/h6-7,10-11,14,17H,4-5,8-9H2,1-3H3. The zero-order valence-corrected chi connectivity index (χ0v) is 11.0. The molecule has 0 aliphatic heterocycles. The van der Waals surface area contributed by atoms with Crippen LogP contribution in [0.2, 0.25) is 0 Å². The Morgan fingerprint density at radius 3 is 2.71 bits per heavy atom. The van der Waals surface area contributed by atoms with Crippen LogP contribution in [0.5, 0.6) is 0 Å². The van der Waals surface area contributed by atoms with Crippen molar-refractivity contribution in [2.45, 2.75) is 26.3 Å². The third-order valence-electron chi connectivity index (χ3n) is 3.00. The maximum atomic E-state index is 8.85. The van der Waals surface area contributed by atoms with E-state index in [2.05, 4.69) is 35.1 Å². The van der Waals surface area contributed by atoms with Gasteiger partial charge in [0.05, 0.1) is 0 Å². The van der Waals surface area contributed by atoms with E-state index < -0.39 is 0 Å². The van der Waals surface area contributed by atoms with Gasteiger partial charge in [-0.15, -0.1) is 0 Å². The minimum absolute atomic E-state index is 0.228. The van der Waals surface area contributed by atoms with Crippen LogP contribution in [0.15, 0.2) is 18.3 Å². The van der Waals surface area contributed by atoms with Crippen molar-refractivity contribution in [2.75, 3.05) is 31.6 Å². The van der Waals surface area contributed by atoms with Gasteiger partial charge in [0.15, 0.2) is 0 Å². The number of rotatable bonds is 7. The highest BCUT2D eigenvalue weighted by atomic mass is 16.3. The van der Waals surface area contributed by atoms with Crippen molar-refractivity contribution in [2.24, 2.45) is 0 Å². The summed E-state index contributed by atoms with van der Waals surface area (Å²) in [5.74, 6) is 0.980. The molecule has 0 saturated heterocycles. The molecule has 0 bridgehead atoms. The molecule has 17 heavy (non-hydrogen) atoms. The first-order valence-electron chi connectivity index (χ1n) is 6.22. The van der Waals surface area contributed by atoms with Gasteiger partial charge in [0, 0.05) is 31.9 Å². The highest BCUT2D eigenvalue weighted by molar-refractivity contribution is 5.39. The molecule has 96 valence electrons. The third kappa shape index (κ3) is 3.98. The van der Waals surface area contributed by atoms with Gasteiger partial charge in [0.1, 0.15) is 5.82 Å². The molecule has 1 unspecified atom stereocenters. The van der Waals surface area contributed by atoms with E-state index in [1.54, 1.807) is 0 Å². The van der Waals surface area contributed by atoms with Gasteiger partial charge in [-0.3, -0.25) is 0 Å². The van der Waals surface area contributed by atoms with Crippen molar-refractivity contribution in [3.8, 4) is 0 Å². The lowest BCUT2D eigenvalue weighted by Gasteiger charge is -2.22. The second-order valence-corrected chi connectivity index (χ2v) is 4.12. The molecule has 0 spiro atoms. The lowest BCUT2D eigenvalue weighted by molar-refractivity contribution is 0.289. The normalized spacial score (nSPS) is 12.5. The third-order valence-corrected chi connectivity index (χ3v) is 3.00. The second-order valence-electron chi connectivity index (χ2n) is 4.12. The predicted octanol–water partition coefficient (Wildman–Crippen LogP) is 1.57. The van der Waals surface area contributed by atoms with Crippen molar-refractivity contribution in [1.29, 1.82) is 0 Å². The summed E-state index contributed by atoms with van der Waals surface area (Å²) >= 11 is 0. The van der Waals surface area contributed by atoms with Crippen molar-refractivity contribution < 1.29 is 5.11 Å². The molecule has 0 amide bonds. The zero-order chi connectivity index (χ0) is 12.7. The molecular weight excluding hydrogens is 214 g/mol. The lowest BCUT2D eigenvalue weighted by Crippen LogP contribution is -2.25. The van der Waals surface area contributed by atoms with Crippen LogP contribution in [0.25, 0.3) is 0 Å². The van der Waals surface area contributed by atoms with E-state index in [9.17, 15) is 0 Å². The number of aliphatic hydroxyl groups excluding tert-OH is 1. The minimum Gasteiger partial charge on any atom is -0.396 e. The largest absolute Gasteiger partial charge is 0.396 e. The van der Waals surface area contributed by atoms with Gasteiger partial charge in [-0.05, 0) is 38.9 Å².